The van der Waals surface area contributed by atoms with Gasteiger partial charge in [-0.3, -0.25) is 4.90 Å². The molecule has 0 spiro atoms. The van der Waals surface area contributed by atoms with Gasteiger partial charge in [-0.15, -0.1) is 0 Å². The Morgan fingerprint density at radius 1 is 1.50 bits per heavy atom. The molecule has 1 unspecified atom stereocenters. The highest BCUT2D eigenvalue weighted by atomic mass is 16.5. The number of nitrogen functional groups attached to an aromatic ring is 1. The SMILES string of the molecule is Cc1cnc(NC(C)CN2CCOCC2)c(N)c1. The summed E-state index contributed by atoms with van der Waals surface area (Å²) < 4.78 is 5.34. The second-order valence-electron chi connectivity index (χ2n) is 4.91. The van der Waals surface area contributed by atoms with Gasteiger partial charge in [0.15, 0.2) is 0 Å². The van der Waals surface area contributed by atoms with E-state index in [1.54, 1.807) is 0 Å². The summed E-state index contributed by atoms with van der Waals surface area (Å²) in [7, 11) is 0. The number of hydrogen-bond acceptors (Lipinski definition) is 5. The van der Waals surface area contributed by atoms with Crippen LogP contribution >= 0.6 is 0 Å². The third kappa shape index (κ3) is 3.58. The van der Waals surface area contributed by atoms with Crippen molar-refractivity contribution in [2.24, 2.45) is 0 Å². The van der Waals surface area contributed by atoms with Crippen LogP contribution in [0.3, 0.4) is 0 Å². The standard InChI is InChI=1S/C13H22N4O/c1-10-7-12(14)13(15-8-10)16-11(2)9-17-3-5-18-6-4-17/h7-8,11H,3-6,9,14H2,1-2H3,(H,15,16). The summed E-state index contributed by atoms with van der Waals surface area (Å²) in [5.41, 5.74) is 7.74. The number of aromatic nitrogens is 1. The van der Waals surface area contributed by atoms with Crippen LogP contribution in [0.15, 0.2) is 12.3 Å². The predicted molar refractivity (Wildman–Crippen MR) is 73.7 cm³/mol. The largest absolute Gasteiger partial charge is 0.396 e. The van der Waals surface area contributed by atoms with E-state index in [0.717, 1.165) is 44.2 Å². The number of pyridine rings is 1. The van der Waals surface area contributed by atoms with E-state index in [-0.39, 0.29) is 0 Å². The van der Waals surface area contributed by atoms with Gasteiger partial charge in [-0.05, 0) is 25.5 Å². The van der Waals surface area contributed by atoms with Gasteiger partial charge in [-0.25, -0.2) is 4.98 Å². The van der Waals surface area contributed by atoms with Crippen LogP contribution in [0.4, 0.5) is 11.5 Å². The van der Waals surface area contributed by atoms with E-state index in [9.17, 15) is 0 Å². The first-order chi connectivity index (χ1) is 8.65. The Labute approximate surface area is 108 Å². The number of aryl methyl sites for hydroxylation is 1. The summed E-state index contributed by atoms with van der Waals surface area (Å²) in [6.45, 7) is 8.79. The summed E-state index contributed by atoms with van der Waals surface area (Å²) in [5.74, 6) is 0.779. The lowest BCUT2D eigenvalue weighted by molar-refractivity contribution is 0.0368. The van der Waals surface area contributed by atoms with Gasteiger partial charge < -0.3 is 15.8 Å². The molecule has 1 aliphatic rings. The fourth-order valence-corrected chi connectivity index (χ4v) is 2.16. The number of nitrogens with zero attached hydrogens (tertiary/aromatic N) is 2. The molecule has 0 aromatic carbocycles. The lowest BCUT2D eigenvalue weighted by Gasteiger charge is -2.29. The minimum absolute atomic E-state index is 0.320. The van der Waals surface area contributed by atoms with Gasteiger partial charge in [0, 0.05) is 31.9 Å². The molecule has 2 rings (SSSR count). The van der Waals surface area contributed by atoms with E-state index in [4.69, 9.17) is 10.5 Å². The molecule has 1 aromatic heterocycles. The van der Waals surface area contributed by atoms with E-state index in [1.807, 2.05) is 19.2 Å². The molecule has 0 radical (unpaired) electrons. The topological polar surface area (TPSA) is 63.4 Å². The molecule has 100 valence electrons. The fourth-order valence-electron chi connectivity index (χ4n) is 2.16. The number of nitrogens with one attached hydrogen (secondary N) is 1. The summed E-state index contributed by atoms with van der Waals surface area (Å²) in [6, 6.07) is 2.26. The molecule has 5 nitrogen and oxygen atoms in total. The van der Waals surface area contributed by atoms with Crippen LogP contribution in [-0.4, -0.2) is 48.8 Å². The van der Waals surface area contributed by atoms with Crippen molar-refractivity contribution in [2.45, 2.75) is 19.9 Å². The molecule has 0 saturated carbocycles. The van der Waals surface area contributed by atoms with Gasteiger partial charge in [0.25, 0.3) is 0 Å². The Bertz CT molecular complexity index is 391. The van der Waals surface area contributed by atoms with Crippen molar-refractivity contribution in [3.63, 3.8) is 0 Å². The van der Waals surface area contributed by atoms with Crippen LogP contribution in [0.5, 0.6) is 0 Å². The first kappa shape index (κ1) is 13.1. The number of ether oxygens (including phenoxy) is 1. The Morgan fingerprint density at radius 2 is 2.22 bits per heavy atom. The van der Waals surface area contributed by atoms with Crippen LogP contribution in [0.25, 0.3) is 0 Å². The Morgan fingerprint density at radius 3 is 2.89 bits per heavy atom. The summed E-state index contributed by atoms with van der Waals surface area (Å²) in [5, 5.41) is 3.37. The summed E-state index contributed by atoms with van der Waals surface area (Å²) in [6.07, 6.45) is 1.83. The maximum Gasteiger partial charge on any atom is 0.149 e. The maximum atomic E-state index is 5.94. The molecular formula is C13H22N4O. The molecule has 3 N–H and O–H groups in total. The molecule has 1 atom stereocenters. The highest BCUT2D eigenvalue weighted by Crippen LogP contribution is 2.17. The number of nitrogens with two attached hydrogens (primary N) is 1. The summed E-state index contributed by atoms with van der Waals surface area (Å²) >= 11 is 0. The minimum atomic E-state index is 0.320. The van der Waals surface area contributed by atoms with Gasteiger partial charge in [-0.1, -0.05) is 0 Å². The Hall–Kier alpha value is -1.33. The molecule has 2 heterocycles. The van der Waals surface area contributed by atoms with E-state index in [2.05, 4.69) is 22.1 Å². The van der Waals surface area contributed by atoms with Crippen molar-refractivity contribution < 1.29 is 4.74 Å². The third-order valence-electron chi connectivity index (χ3n) is 3.07. The van der Waals surface area contributed by atoms with Crippen LogP contribution in [0, 0.1) is 6.92 Å². The summed E-state index contributed by atoms with van der Waals surface area (Å²) in [4.78, 5) is 6.73. The van der Waals surface area contributed by atoms with Gasteiger partial charge in [-0.2, -0.15) is 0 Å². The molecular weight excluding hydrogens is 228 g/mol. The van der Waals surface area contributed by atoms with Crippen molar-refractivity contribution in [1.82, 2.24) is 9.88 Å². The second-order valence-corrected chi connectivity index (χ2v) is 4.91. The Kier molecular flexibility index (Phi) is 4.38. The van der Waals surface area contributed by atoms with E-state index >= 15 is 0 Å². The Balaban J connectivity index is 1.87. The molecule has 1 aliphatic heterocycles. The third-order valence-corrected chi connectivity index (χ3v) is 3.07. The quantitative estimate of drug-likeness (QED) is 0.838. The first-order valence-corrected chi connectivity index (χ1v) is 6.44. The van der Waals surface area contributed by atoms with Crippen molar-refractivity contribution in [3.8, 4) is 0 Å². The van der Waals surface area contributed by atoms with Crippen LogP contribution in [0.1, 0.15) is 12.5 Å². The number of hydrogen-bond donors (Lipinski definition) is 2. The van der Waals surface area contributed by atoms with Crippen LogP contribution < -0.4 is 11.1 Å². The lowest BCUT2D eigenvalue weighted by Crippen LogP contribution is -2.42. The van der Waals surface area contributed by atoms with E-state index in [0.29, 0.717) is 11.7 Å². The van der Waals surface area contributed by atoms with Gasteiger partial charge in [0.05, 0.1) is 18.9 Å². The van der Waals surface area contributed by atoms with Crippen LogP contribution in [-0.2, 0) is 4.74 Å². The van der Waals surface area contributed by atoms with Crippen LogP contribution in [0.2, 0.25) is 0 Å². The molecule has 0 aliphatic carbocycles. The highest BCUT2D eigenvalue weighted by molar-refractivity contribution is 5.61. The number of morpholine rings is 1. The van der Waals surface area contributed by atoms with E-state index in [1.165, 1.54) is 0 Å². The normalized spacial score (nSPS) is 18.6. The van der Waals surface area contributed by atoms with Gasteiger partial charge >= 0.3 is 0 Å². The zero-order chi connectivity index (χ0) is 13.0. The molecule has 1 aromatic rings. The minimum Gasteiger partial charge on any atom is -0.396 e. The molecule has 1 saturated heterocycles. The molecule has 0 bridgehead atoms. The van der Waals surface area contributed by atoms with Crippen molar-refractivity contribution >= 4 is 11.5 Å². The number of rotatable bonds is 4. The lowest BCUT2D eigenvalue weighted by atomic mass is 10.2. The smallest absolute Gasteiger partial charge is 0.149 e. The van der Waals surface area contributed by atoms with Gasteiger partial charge in [0.1, 0.15) is 5.82 Å². The van der Waals surface area contributed by atoms with Crippen molar-refractivity contribution in [3.05, 3.63) is 17.8 Å². The molecule has 5 heteroatoms. The average Bonchev–Trinajstić information content (AvgIpc) is 2.34. The van der Waals surface area contributed by atoms with E-state index < -0.39 is 0 Å². The van der Waals surface area contributed by atoms with Crippen molar-refractivity contribution in [1.29, 1.82) is 0 Å². The van der Waals surface area contributed by atoms with Gasteiger partial charge in [0.2, 0.25) is 0 Å². The predicted octanol–water partition coefficient (Wildman–Crippen LogP) is 1.10. The number of anilines is 2. The molecule has 1 fully saturated rings. The fraction of sp³-hybridized carbons (Fsp3) is 0.615. The second kappa shape index (κ2) is 6.02. The highest BCUT2D eigenvalue weighted by Gasteiger charge is 2.14. The molecule has 0 amide bonds. The maximum absolute atomic E-state index is 5.94. The zero-order valence-electron chi connectivity index (χ0n) is 11.1. The average molecular weight is 250 g/mol. The van der Waals surface area contributed by atoms with Crippen molar-refractivity contribution in [2.75, 3.05) is 43.9 Å². The molecule has 18 heavy (non-hydrogen) atoms. The first-order valence-electron chi connectivity index (χ1n) is 6.44. The monoisotopic (exact) mass is 250 g/mol. The zero-order valence-corrected chi connectivity index (χ0v) is 11.1.